The van der Waals surface area contributed by atoms with Gasteiger partial charge in [-0.3, -0.25) is 10.1 Å². The molecule has 4 nitrogen and oxygen atoms in total. The predicted molar refractivity (Wildman–Crippen MR) is 105 cm³/mol. The zero-order chi connectivity index (χ0) is 17.5. The lowest BCUT2D eigenvalue weighted by Gasteiger charge is -2.24. The molecule has 0 aliphatic carbocycles. The number of anilines is 1. The first kappa shape index (κ1) is 15.5. The van der Waals surface area contributed by atoms with Crippen LogP contribution in [0.2, 0.25) is 0 Å². The molecular formula is C21H16N2O2S. The number of nitrogens with one attached hydrogen (secondary N) is 1. The maximum absolute atomic E-state index is 12.8. The molecule has 0 spiro atoms. The van der Waals surface area contributed by atoms with Crippen LogP contribution in [0.15, 0.2) is 60.7 Å². The quantitative estimate of drug-likeness (QED) is 0.564. The Morgan fingerprint density at radius 3 is 2.88 bits per heavy atom. The summed E-state index contributed by atoms with van der Waals surface area (Å²) in [7, 11) is 0. The Morgan fingerprint density at radius 1 is 1.08 bits per heavy atom. The SMILES string of the molecule is O=C(Nc1nc2c(ccc3ccccc32)s1)C1OCCc2ccccc21. The number of thiazole rings is 1. The van der Waals surface area contributed by atoms with Crippen molar-refractivity contribution in [2.24, 2.45) is 0 Å². The summed E-state index contributed by atoms with van der Waals surface area (Å²) in [6.07, 6.45) is 0.260. The van der Waals surface area contributed by atoms with Crippen LogP contribution in [0.5, 0.6) is 0 Å². The van der Waals surface area contributed by atoms with Gasteiger partial charge in [0.2, 0.25) is 0 Å². The van der Waals surface area contributed by atoms with Crippen LogP contribution in [-0.2, 0) is 16.0 Å². The Morgan fingerprint density at radius 2 is 1.92 bits per heavy atom. The van der Waals surface area contributed by atoms with Crippen molar-refractivity contribution in [2.75, 3.05) is 11.9 Å². The molecule has 26 heavy (non-hydrogen) atoms. The van der Waals surface area contributed by atoms with Gasteiger partial charge in [0, 0.05) is 5.39 Å². The van der Waals surface area contributed by atoms with E-state index in [1.165, 1.54) is 16.9 Å². The van der Waals surface area contributed by atoms with Crippen LogP contribution < -0.4 is 5.32 Å². The molecule has 128 valence electrons. The minimum absolute atomic E-state index is 0.166. The summed E-state index contributed by atoms with van der Waals surface area (Å²) < 4.78 is 6.81. The van der Waals surface area contributed by atoms with Crippen molar-refractivity contribution in [3.63, 3.8) is 0 Å². The lowest BCUT2D eigenvalue weighted by Crippen LogP contribution is -2.28. The van der Waals surface area contributed by atoms with Crippen LogP contribution in [0, 0.1) is 0 Å². The first-order valence-electron chi connectivity index (χ1n) is 8.58. The molecule has 0 saturated carbocycles. The summed E-state index contributed by atoms with van der Waals surface area (Å²) in [5, 5.41) is 5.80. The van der Waals surface area contributed by atoms with Crippen LogP contribution in [0.25, 0.3) is 21.0 Å². The van der Waals surface area contributed by atoms with Crippen LogP contribution in [0.1, 0.15) is 17.2 Å². The molecule has 0 fully saturated rings. The lowest BCUT2D eigenvalue weighted by molar-refractivity contribution is -0.128. The van der Waals surface area contributed by atoms with E-state index in [1.54, 1.807) is 0 Å². The van der Waals surface area contributed by atoms with Gasteiger partial charge in [0.15, 0.2) is 11.2 Å². The predicted octanol–water partition coefficient (Wildman–Crippen LogP) is 4.70. The molecule has 4 aromatic rings. The highest BCUT2D eigenvalue weighted by Gasteiger charge is 2.27. The third-order valence-electron chi connectivity index (χ3n) is 4.75. The van der Waals surface area contributed by atoms with Gasteiger partial charge in [-0.25, -0.2) is 4.98 Å². The molecule has 5 rings (SSSR count). The van der Waals surface area contributed by atoms with Crippen molar-refractivity contribution in [1.29, 1.82) is 0 Å². The van der Waals surface area contributed by atoms with Crippen LogP contribution in [-0.4, -0.2) is 17.5 Å². The van der Waals surface area contributed by atoms with Gasteiger partial charge in [0.25, 0.3) is 5.91 Å². The molecule has 5 heteroatoms. The number of hydrogen-bond acceptors (Lipinski definition) is 4. The fourth-order valence-corrected chi connectivity index (χ4v) is 4.38. The second-order valence-electron chi connectivity index (χ2n) is 6.34. The highest BCUT2D eigenvalue weighted by molar-refractivity contribution is 7.22. The van der Waals surface area contributed by atoms with E-state index < -0.39 is 6.10 Å². The minimum atomic E-state index is -0.580. The van der Waals surface area contributed by atoms with E-state index in [9.17, 15) is 4.79 Å². The van der Waals surface area contributed by atoms with E-state index in [2.05, 4.69) is 40.6 Å². The summed E-state index contributed by atoms with van der Waals surface area (Å²) in [6, 6.07) is 20.2. The zero-order valence-corrected chi connectivity index (χ0v) is 14.8. The number of nitrogens with zero attached hydrogens (tertiary/aromatic N) is 1. The molecule has 1 aliphatic heterocycles. The lowest BCUT2D eigenvalue weighted by atomic mass is 9.97. The van der Waals surface area contributed by atoms with Gasteiger partial charge in [-0.1, -0.05) is 65.9 Å². The fraction of sp³-hybridized carbons (Fsp3) is 0.143. The van der Waals surface area contributed by atoms with Crippen LogP contribution in [0.4, 0.5) is 5.13 Å². The van der Waals surface area contributed by atoms with E-state index in [0.717, 1.165) is 33.0 Å². The molecular weight excluding hydrogens is 344 g/mol. The average molecular weight is 360 g/mol. The van der Waals surface area contributed by atoms with Gasteiger partial charge in [0.1, 0.15) is 0 Å². The Balaban J connectivity index is 1.48. The summed E-state index contributed by atoms with van der Waals surface area (Å²) >= 11 is 1.49. The molecule has 2 heterocycles. The fourth-order valence-electron chi connectivity index (χ4n) is 3.50. The number of carbonyl (C=O) groups excluding carboxylic acids is 1. The van der Waals surface area contributed by atoms with Crippen molar-refractivity contribution >= 4 is 43.4 Å². The van der Waals surface area contributed by atoms with E-state index in [1.807, 2.05) is 30.3 Å². The molecule has 0 bridgehead atoms. The largest absolute Gasteiger partial charge is 0.363 e. The summed E-state index contributed by atoms with van der Waals surface area (Å²) in [6.45, 7) is 0.555. The first-order valence-corrected chi connectivity index (χ1v) is 9.40. The smallest absolute Gasteiger partial charge is 0.259 e. The van der Waals surface area contributed by atoms with Crippen molar-refractivity contribution < 1.29 is 9.53 Å². The number of fused-ring (bicyclic) bond motifs is 4. The van der Waals surface area contributed by atoms with Crippen molar-refractivity contribution in [2.45, 2.75) is 12.5 Å². The second kappa shape index (κ2) is 6.20. The van der Waals surface area contributed by atoms with Gasteiger partial charge in [-0.2, -0.15) is 0 Å². The maximum atomic E-state index is 12.8. The third kappa shape index (κ3) is 2.57. The molecule has 1 aromatic heterocycles. The first-order chi connectivity index (χ1) is 12.8. The normalized spacial score (nSPS) is 16.5. The Kier molecular flexibility index (Phi) is 3.69. The monoisotopic (exact) mass is 360 g/mol. The molecule has 3 aromatic carbocycles. The molecule has 1 atom stereocenters. The van der Waals surface area contributed by atoms with Gasteiger partial charge in [0.05, 0.1) is 16.8 Å². The number of ether oxygens (including phenoxy) is 1. The number of amides is 1. The standard InChI is InChI=1S/C21H16N2O2S/c24-20(19-16-8-4-2-6-14(16)11-12-25-19)23-21-22-18-15-7-3-1-5-13(15)9-10-17(18)26-21/h1-10,19H,11-12H2,(H,22,23,24). The number of aromatic nitrogens is 1. The number of rotatable bonds is 2. The summed E-state index contributed by atoms with van der Waals surface area (Å²) in [5.74, 6) is -0.166. The van der Waals surface area contributed by atoms with Gasteiger partial charge < -0.3 is 4.74 Å². The van der Waals surface area contributed by atoms with E-state index >= 15 is 0 Å². The molecule has 1 N–H and O–H groups in total. The van der Waals surface area contributed by atoms with E-state index in [0.29, 0.717) is 11.7 Å². The van der Waals surface area contributed by atoms with Crippen molar-refractivity contribution in [3.05, 3.63) is 71.8 Å². The van der Waals surface area contributed by atoms with Gasteiger partial charge >= 0.3 is 0 Å². The number of carbonyl (C=O) groups is 1. The molecule has 1 unspecified atom stereocenters. The Labute approximate surface area is 154 Å². The molecule has 1 aliphatic rings. The topological polar surface area (TPSA) is 51.2 Å². The Hall–Kier alpha value is -2.76. The second-order valence-corrected chi connectivity index (χ2v) is 7.37. The van der Waals surface area contributed by atoms with Crippen molar-refractivity contribution in [1.82, 2.24) is 4.98 Å². The third-order valence-corrected chi connectivity index (χ3v) is 5.68. The van der Waals surface area contributed by atoms with Gasteiger partial charge in [-0.05, 0) is 29.0 Å². The highest BCUT2D eigenvalue weighted by Crippen LogP contribution is 2.33. The zero-order valence-electron chi connectivity index (χ0n) is 13.9. The van der Waals surface area contributed by atoms with E-state index in [4.69, 9.17) is 4.74 Å². The highest BCUT2D eigenvalue weighted by atomic mass is 32.1. The summed E-state index contributed by atoms with van der Waals surface area (Å²) in [4.78, 5) is 17.5. The van der Waals surface area contributed by atoms with E-state index in [-0.39, 0.29) is 5.91 Å². The van der Waals surface area contributed by atoms with Crippen LogP contribution >= 0.6 is 11.3 Å². The summed E-state index contributed by atoms with van der Waals surface area (Å²) in [5.41, 5.74) is 3.05. The Bertz CT molecular complexity index is 1140. The molecule has 0 radical (unpaired) electrons. The van der Waals surface area contributed by atoms with Gasteiger partial charge in [-0.15, -0.1) is 0 Å². The number of hydrogen-bond donors (Lipinski definition) is 1. The van der Waals surface area contributed by atoms with Crippen LogP contribution in [0.3, 0.4) is 0 Å². The maximum Gasteiger partial charge on any atom is 0.259 e. The van der Waals surface area contributed by atoms with Crippen molar-refractivity contribution in [3.8, 4) is 0 Å². The minimum Gasteiger partial charge on any atom is -0.363 e. The molecule has 1 amide bonds. The average Bonchev–Trinajstić information content (AvgIpc) is 3.10. The number of benzene rings is 3. The molecule has 0 saturated heterocycles.